The molecule has 1 saturated heterocycles. The van der Waals surface area contributed by atoms with Gasteiger partial charge in [-0.15, -0.1) is 24.8 Å². The molecule has 2 aliphatic rings. The number of rotatable bonds is 1. The molecule has 2 aliphatic heterocycles. The summed E-state index contributed by atoms with van der Waals surface area (Å²) in [7, 11) is 0. The van der Waals surface area contributed by atoms with E-state index in [9.17, 15) is 4.79 Å². The van der Waals surface area contributed by atoms with Gasteiger partial charge in [0.2, 0.25) is 0 Å². The first-order valence-electron chi connectivity index (χ1n) is 6.40. The highest BCUT2D eigenvalue weighted by Gasteiger charge is 2.23. The highest BCUT2D eigenvalue weighted by molar-refractivity contribution is 5.92. The van der Waals surface area contributed by atoms with Gasteiger partial charge in [-0.25, -0.2) is 4.98 Å². The molecule has 1 amide bonds. The summed E-state index contributed by atoms with van der Waals surface area (Å²) in [6.45, 7) is 4.61. The standard InChI is InChI=1S/C12H18N4O.2ClH/c17-12(15-6-1-2-7-15)10-9-16-8-5-13-4-3-11(16)14-10;;/h9,13H,1-8H2;2*1H. The number of hydrogen-bond donors (Lipinski definition) is 1. The van der Waals surface area contributed by atoms with E-state index in [2.05, 4.69) is 14.9 Å². The van der Waals surface area contributed by atoms with Gasteiger partial charge in [0, 0.05) is 45.3 Å². The summed E-state index contributed by atoms with van der Waals surface area (Å²) < 4.78 is 2.11. The van der Waals surface area contributed by atoms with Crippen LogP contribution in [-0.4, -0.2) is 46.5 Å². The number of carbonyl (C=O) groups excluding carboxylic acids is 1. The van der Waals surface area contributed by atoms with Crippen LogP contribution in [0.2, 0.25) is 0 Å². The fraction of sp³-hybridized carbons (Fsp3) is 0.667. The smallest absolute Gasteiger partial charge is 0.274 e. The second kappa shape index (κ2) is 7.12. The Balaban J connectivity index is 0.000000902. The zero-order valence-corrected chi connectivity index (χ0v) is 12.4. The normalized spacial score (nSPS) is 18.0. The third-order valence-electron chi connectivity index (χ3n) is 3.53. The molecule has 3 rings (SSSR count). The second-order valence-electron chi connectivity index (χ2n) is 4.74. The maximum atomic E-state index is 12.2. The predicted molar refractivity (Wildman–Crippen MR) is 78.4 cm³/mol. The molecule has 3 heterocycles. The van der Waals surface area contributed by atoms with Gasteiger partial charge in [-0.3, -0.25) is 4.79 Å². The van der Waals surface area contributed by atoms with Crippen molar-refractivity contribution in [2.24, 2.45) is 0 Å². The molecule has 0 radical (unpaired) electrons. The van der Waals surface area contributed by atoms with Gasteiger partial charge in [0.1, 0.15) is 11.5 Å². The van der Waals surface area contributed by atoms with Crippen molar-refractivity contribution >= 4 is 30.7 Å². The van der Waals surface area contributed by atoms with Crippen LogP contribution in [0.5, 0.6) is 0 Å². The van der Waals surface area contributed by atoms with Crippen molar-refractivity contribution in [2.75, 3.05) is 26.2 Å². The van der Waals surface area contributed by atoms with Gasteiger partial charge < -0.3 is 14.8 Å². The van der Waals surface area contributed by atoms with Crippen molar-refractivity contribution in [1.82, 2.24) is 19.8 Å². The van der Waals surface area contributed by atoms with Crippen LogP contribution in [-0.2, 0) is 13.0 Å². The van der Waals surface area contributed by atoms with E-state index in [-0.39, 0.29) is 30.7 Å². The Bertz CT molecular complexity index is 406. The summed E-state index contributed by atoms with van der Waals surface area (Å²) in [5.41, 5.74) is 0.629. The molecule has 0 aliphatic carbocycles. The molecule has 1 aromatic heterocycles. The van der Waals surface area contributed by atoms with Gasteiger partial charge in [-0.2, -0.15) is 0 Å². The number of aromatic nitrogens is 2. The molecule has 0 atom stereocenters. The predicted octanol–water partition coefficient (Wildman–Crippen LogP) is 1.11. The maximum absolute atomic E-state index is 12.2. The van der Waals surface area contributed by atoms with Crippen LogP contribution in [0.15, 0.2) is 6.20 Å². The summed E-state index contributed by atoms with van der Waals surface area (Å²) in [5.74, 6) is 1.15. The van der Waals surface area contributed by atoms with Crippen molar-refractivity contribution in [3.05, 3.63) is 17.7 Å². The molecule has 108 valence electrons. The molecular formula is C12H20Cl2N4O. The Hall–Kier alpha value is -0.780. The highest BCUT2D eigenvalue weighted by atomic mass is 35.5. The lowest BCUT2D eigenvalue weighted by Gasteiger charge is -2.12. The van der Waals surface area contributed by atoms with Crippen molar-refractivity contribution in [1.29, 1.82) is 0 Å². The number of fused-ring (bicyclic) bond motifs is 1. The summed E-state index contributed by atoms with van der Waals surface area (Å²) in [6, 6.07) is 0. The van der Waals surface area contributed by atoms with Crippen LogP contribution in [0.3, 0.4) is 0 Å². The minimum atomic E-state index is 0. The van der Waals surface area contributed by atoms with Crippen LogP contribution in [0.25, 0.3) is 0 Å². The molecule has 19 heavy (non-hydrogen) atoms. The van der Waals surface area contributed by atoms with E-state index in [1.807, 2.05) is 11.1 Å². The number of nitrogens with one attached hydrogen (secondary N) is 1. The van der Waals surface area contributed by atoms with E-state index in [0.29, 0.717) is 5.69 Å². The van der Waals surface area contributed by atoms with E-state index in [1.54, 1.807) is 0 Å². The quantitative estimate of drug-likeness (QED) is 0.845. The molecule has 5 nitrogen and oxygen atoms in total. The van der Waals surface area contributed by atoms with Crippen molar-refractivity contribution in [2.45, 2.75) is 25.8 Å². The van der Waals surface area contributed by atoms with Gasteiger partial charge in [0.25, 0.3) is 5.91 Å². The summed E-state index contributed by atoms with van der Waals surface area (Å²) >= 11 is 0. The molecular weight excluding hydrogens is 287 g/mol. The van der Waals surface area contributed by atoms with Crippen LogP contribution in [0.4, 0.5) is 0 Å². The Morgan fingerprint density at radius 3 is 2.63 bits per heavy atom. The molecule has 0 spiro atoms. The zero-order chi connectivity index (χ0) is 11.7. The average molecular weight is 307 g/mol. The minimum absolute atomic E-state index is 0. The lowest BCUT2D eigenvalue weighted by molar-refractivity contribution is 0.0787. The molecule has 1 fully saturated rings. The third-order valence-corrected chi connectivity index (χ3v) is 3.53. The number of likely N-dealkylation sites (tertiary alicyclic amines) is 1. The maximum Gasteiger partial charge on any atom is 0.274 e. The Kier molecular flexibility index (Phi) is 6.10. The highest BCUT2D eigenvalue weighted by Crippen LogP contribution is 2.13. The lowest BCUT2D eigenvalue weighted by atomic mass is 10.4. The van der Waals surface area contributed by atoms with E-state index >= 15 is 0 Å². The van der Waals surface area contributed by atoms with Crippen LogP contribution >= 0.6 is 24.8 Å². The SMILES string of the molecule is Cl.Cl.O=C(c1cn2c(n1)CCNCC2)N1CCCC1. The van der Waals surface area contributed by atoms with Gasteiger partial charge in [-0.05, 0) is 12.8 Å². The molecule has 0 aromatic carbocycles. The average Bonchev–Trinajstić information content (AvgIpc) is 2.95. The first-order chi connectivity index (χ1) is 8.34. The van der Waals surface area contributed by atoms with E-state index in [1.165, 1.54) is 0 Å². The number of imidazole rings is 1. The van der Waals surface area contributed by atoms with Gasteiger partial charge in [0.15, 0.2) is 0 Å². The second-order valence-corrected chi connectivity index (χ2v) is 4.74. The molecule has 1 N–H and O–H groups in total. The first kappa shape index (κ1) is 16.3. The summed E-state index contributed by atoms with van der Waals surface area (Å²) in [6.07, 6.45) is 5.09. The van der Waals surface area contributed by atoms with Gasteiger partial charge in [-0.1, -0.05) is 0 Å². The van der Waals surface area contributed by atoms with Crippen molar-refractivity contribution in [3.63, 3.8) is 0 Å². The van der Waals surface area contributed by atoms with E-state index in [4.69, 9.17) is 0 Å². The largest absolute Gasteiger partial charge is 0.337 e. The molecule has 7 heteroatoms. The third kappa shape index (κ3) is 3.41. The monoisotopic (exact) mass is 306 g/mol. The van der Waals surface area contributed by atoms with Crippen LogP contribution in [0, 0.1) is 0 Å². The fourth-order valence-electron chi connectivity index (χ4n) is 2.56. The number of hydrogen-bond acceptors (Lipinski definition) is 3. The first-order valence-corrected chi connectivity index (χ1v) is 6.40. The topological polar surface area (TPSA) is 50.2 Å². The minimum Gasteiger partial charge on any atom is -0.337 e. The van der Waals surface area contributed by atoms with Gasteiger partial charge in [0.05, 0.1) is 0 Å². The zero-order valence-electron chi connectivity index (χ0n) is 10.8. The summed E-state index contributed by atoms with van der Waals surface area (Å²) in [4.78, 5) is 18.6. The van der Waals surface area contributed by atoms with E-state index in [0.717, 1.165) is 57.8 Å². The number of amides is 1. The van der Waals surface area contributed by atoms with Crippen molar-refractivity contribution < 1.29 is 4.79 Å². The Morgan fingerprint density at radius 2 is 1.89 bits per heavy atom. The molecule has 0 bridgehead atoms. The van der Waals surface area contributed by atoms with E-state index < -0.39 is 0 Å². The Labute approximate surface area is 125 Å². The van der Waals surface area contributed by atoms with Crippen LogP contribution < -0.4 is 5.32 Å². The summed E-state index contributed by atoms with van der Waals surface area (Å²) in [5, 5.41) is 3.33. The number of nitrogens with zero attached hydrogens (tertiary/aromatic N) is 3. The number of carbonyl (C=O) groups is 1. The number of halogens is 2. The lowest BCUT2D eigenvalue weighted by Crippen LogP contribution is -2.28. The van der Waals surface area contributed by atoms with Gasteiger partial charge >= 0.3 is 0 Å². The Morgan fingerprint density at radius 1 is 1.16 bits per heavy atom. The molecule has 0 unspecified atom stereocenters. The van der Waals surface area contributed by atoms with Crippen molar-refractivity contribution in [3.8, 4) is 0 Å². The molecule has 0 saturated carbocycles. The molecule has 1 aromatic rings. The fourth-order valence-corrected chi connectivity index (χ4v) is 2.56. The van der Waals surface area contributed by atoms with Crippen LogP contribution in [0.1, 0.15) is 29.2 Å².